The van der Waals surface area contributed by atoms with E-state index >= 15 is 0 Å². The Hall–Kier alpha value is -1.02. The molecule has 0 spiro atoms. The van der Waals surface area contributed by atoms with E-state index in [9.17, 15) is 4.79 Å². The van der Waals surface area contributed by atoms with E-state index in [2.05, 4.69) is 52.8 Å². The van der Waals surface area contributed by atoms with Gasteiger partial charge in [0.05, 0.1) is 0 Å². The van der Waals surface area contributed by atoms with Gasteiger partial charge in [0.25, 0.3) is 0 Å². The molecule has 0 saturated carbocycles. The molecule has 3 unspecified atom stereocenters. The molecule has 2 heteroatoms. The maximum absolute atomic E-state index is 13.2. The van der Waals surface area contributed by atoms with Gasteiger partial charge in [-0.3, -0.25) is 4.79 Å². The standard InChI is InChI=1S/C23H34OS/c1-6-8-13-21-19(15-17(11-7-2)16-23(3,4)5)22(24)18-12-9-10-14-20(18)25-21/h8-10,12-14,17,19,21H,6-7,11,15-16H2,1-5H3. The van der Waals surface area contributed by atoms with Gasteiger partial charge >= 0.3 is 0 Å². The van der Waals surface area contributed by atoms with E-state index in [1.165, 1.54) is 19.3 Å². The first kappa shape index (κ1) is 20.3. The molecule has 0 saturated heterocycles. The molecular formula is C23H34OS. The lowest BCUT2D eigenvalue weighted by atomic mass is 9.76. The maximum atomic E-state index is 13.2. The van der Waals surface area contributed by atoms with Gasteiger partial charge in [0.1, 0.15) is 0 Å². The van der Waals surface area contributed by atoms with Crippen molar-refractivity contribution in [1.82, 2.24) is 0 Å². The summed E-state index contributed by atoms with van der Waals surface area (Å²) < 4.78 is 0. The van der Waals surface area contributed by atoms with Gasteiger partial charge < -0.3 is 0 Å². The zero-order chi connectivity index (χ0) is 18.4. The van der Waals surface area contributed by atoms with Gasteiger partial charge in [-0.2, -0.15) is 0 Å². The smallest absolute Gasteiger partial charge is 0.168 e. The number of hydrogen-bond donors (Lipinski definition) is 0. The van der Waals surface area contributed by atoms with Crippen LogP contribution in [0.2, 0.25) is 0 Å². The summed E-state index contributed by atoms with van der Waals surface area (Å²) in [7, 11) is 0. The van der Waals surface area contributed by atoms with Crippen molar-refractivity contribution in [2.45, 2.75) is 76.9 Å². The van der Waals surface area contributed by atoms with E-state index in [-0.39, 0.29) is 11.2 Å². The zero-order valence-electron chi connectivity index (χ0n) is 16.5. The van der Waals surface area contributed by atoms with Crippen molar-refractivity contribution in [3.8, 4) is 0 Å². The maximum Gasteiger partial charge on any atom is 0.168 e. The van der Waals surface area contributed by atoms with Crippen molar-refractivity contribution in [3.05, 3.63) is 42.0 Å². The Bertz CT molecular complexity index is 596. The molecule has 1 heterocycles. The monoisotopic (exact) mass is 358 g/mol. The minimum atomic E-state index is 0.113. The highest BCUT2D eigenvalue weighted by Gasteiger charge is 2.36. The van der Waals surface area contributed by atoms with Crippen LogP contribution >= 0.6 is 11.8 Å². The van der Waals surface area contributed by atoms with Crippen molar-refractivity contribution in [2.24, 2.45) is 17.3 Å². The Labute approximate surface area is 158 Å². The highest BCUT2D eigenvalue weighted by molar-refractivity contribution is 8.00. The van der Waals surface area contributed by atoms with Crippen LogP contribution in [0, 0.1) is 17.3 Å². The molecule has 1 aromatic rings. The summed E-state index contributed by atoms with van der Waals surface area (Å²) in [6, 6.07) is 8.14. The number of carbonyl (C=O) groups is 1. The number of Topliss-reactive ketones (excluding diaryl/α,β-unsaturated/α-hetero) is 1. The van der Waals surface area contributed by atoms with E-state index in [0.29, 0.717) is 17.1 Å². The minimum Gasteiger partial charge on any atom is -0.294 e. The van der Waals surface area contributed by atoms with Gasteiger partial charge in [0.2, 0.25) is 0 Å². The van der Waals surface area contributed by atoms with Gasteiger partial charge in [0, 0.05) is 21.6 Å². The fraction of sp³-hybridized carbons (Fsp3) is 0.609. The van der Waals surface area contributed by atoms with Gasteiger partial charge in [-0.25, -0.2) is 0 Å². The molecule has 138 valence electrons. The first-order valence-corrected chi connectivity index (χ1v) is 10.7. The van der Waals surface area contributed by atoms with Crippen LogP contribution in [0.3, 0.4) is 0 Å². The third kappa shape index (κ3) is 5.74. The van der Waals surface area contributed by atoms with Crippen LogP contribution in [0.5, 0.6) is 0 Å². The average molecular weight is 359 g/mol. The summed E-state index contributed by atoms with van der Waals surface area (Å²) in [6.07, 6.45) is 10.2. The van der Waals surface area contributed by atoms with Crippen LogP contribution in [-0.2, 0) is 0 Å². The number of carbonyl (C=O) groups excluding carboxylic acids is 1. The predicted octanol–water partition coefficient (Wildman–Crippen LogP) is 7.17. The van der Waals surface area contributed by atoms with Crippen LogP contribution < -0.4 is 0 Å². The Kier molecular flexibility index (Phi) is 7.37. The SMILES string of the molecule is CCC=CC1Sc2ccccc2C(=O)C1CC(CCC)CC(C)(C)C. The predicted molar refractivity (Wildman–Crippen MR) is 110 cm³/mol. The summed E-state index contributed by atoms with van der Waals surface area (Å²) in [5, 5.41) is 0.279. The molecule has 0 aliphatic carbocycles. The molecule has 0 radical (unpaired) electrons. The second-order valence-electron chi connectivity index (χ2n) is 8.54. The summed E-state index contributed by atoms with van der Waals surface area (Å²) >= 11 is 1.88. The van der Waals surface area contributed by atoms with E-state index in [1.807, 2.05) is 30.0 Å². The van der Waals surface area contributed by atoms with Gasteiger partial charge in [0.15, 0.2) is 5.78 Å². The van der Waals surface area contributed by atoms with Crippen LogP contribution in [0.25, 0.3) is 0 Å². The number of ketones is 1. The Morgan fingerprint density at radius 1 is 1.20 bits per heavy atom. The van der Waals surface area contributed by atoms with Crippen LogP contribution in [0.1, 0.15) is 77.1 Å². The molecule has 0 N–H and O–H groups in total. The zero-order valence-corrected chi connectivity index (χ0v) is 17.4. The molecular weight excluding hydrogens is 324 g/mol. The number of rotatable bonds is 7. The van der Waals surface area contributed by atoms with Crippen molar-refractivity contribution >= 4 is 17.5 Å². The Morgan fingerprint density at radius 2 is 1.92 bits per heavy atom. The molecule has 1 nitrogen and oxygen atoms in total. The molecule has 1 aliphatic heterocycles. The van der Waals surface area contributed by atoms with Crippen LogP contribution in [0.15, 0.2) is 41.3 Å². The summed E-state index contributed by atoms with van der Waals surface area (Å²) in [6.45, 7) is 11.4. The van der Waals surface area contributed by atoms with Crippen LogP contribution in [-0.4, -0.2) is 11.0 Å². The number of benzene rings is 1. The largest absolute Gasteiger partial charge is 0.294 e. The molecule has 2 rings (SSSR count). The van der Waals surface area contributed by atoms with Gasteiger partial charge in [-0.05, 0) is 36.7 Å². The lowest BCUT2D eigenvalue weighted by Crippen LogP contribution is -2.32. The van der Waals surface area contributed by atoms with Crippen LogP contribution in [0.4, 0.5) is 0 Å². The molecule has 0 fully saturated rings. The van der Waals surface area contributed by atoms with E-state index in [4.69, 9.17) is 0 Å². The normalized spacial score (nSPS) is 22.2. The van der Waals surface area contributed by atoms with Crippen molar-refractivity contribution in [3.63, 3.8) is 0 Å². The first-order valence-electron chi connectivity index (χ1n) is 9.82. The lowest BCUT2D eigenvalue weighted by molar-refractivity contribution is 0.0886. The fourth-order valence-corrected chi connectivity index (χ4v) is 5.31. The third-order valence-corrected chi connectivity index (χ3v) is 6.26. The Balaban J connectivity index is 2.27. The molecule has 3 atom stereocenters. The molecule has 0 aromatic heterocycles. The quantitative estimate of drug-likeness (QED) is 0.481. The van der Waals surface area contributed by atoms with Crippen molar-refractivity contribution in [1.29, 1.82) is 0 Å². The molecule has 0 bridgehead atoms. The fourth-order valence-electron chi connectivity index (χ4n) is 3.97. The van der Waals surface area contributed by atoms with E-state index in [0.717, 1.165) is 23.3 Å². The highest BCUT2D eigenvalue weighted by atomic mass is 32.2. The molecule has 1 aliphatic rings. The average Bonchev–Trinajstić information content (AvgIpc) is 2.54. The van der Waals surface area contributed by atoms with Crippen molar-refractivity contribution in [2.75, 3.05) is 0 Å². The van der Waals surface area contributed by atoms with E-state index in [1.54, 1.807) is 0 Å². The minimum absolute atomic E-state index is 0.113. The molecule has 1 aromatic carbocycles. The summed E-state index contributed by atoms with van der Waals surface area (Å²) in [5.74, 6) is 1.10. The van der Waals surface area contributed by atoms with Gasteiger partial charge in [-0.1, -0.05) is 77.8 Å². The lowest BCUT2D eigenvalue weighted by Gasteiger charge is -2.34. The van der Waals surface area contributed by atoms with Crippen molar-refractivity contribution < 1.29 is 4.79 Å². The molecule has 0 amide bonds. The Morgan fingerprint density at radius 3 is 2.56 bits per heavy atom. The number of hydrogen-bond acceptors (Lipinski definition) is 2. The summed E-state index contributed by atoms with van der Waals surface area (Å²) in [4.78, 5) is 14.4. The molecule has 25 heavy (non-hydrogen) atoms. The highest BCUT2D eigenvalue weighted by Crippen LogP contribution is 2.43. The first-order chi connectivity index (χ1) is 11.9. The number of thioether (sulfide) groups is 1. The number of allylic oxidation sites excluding steroid dienone is 1. The number of fused-ring (bicyclic) bond motifs is 1. The topological polar surface area (TPSA) is 17.1 Å². The van der Waals surface area contributed by atoms with Gasteiger partial charge in [-0.15, -0.1) is 11.8 Å². The summed E-state index contributed by atoms with van der Waals surface area (Å²) in [5.41, 5.74) is 1.25. The second kappa shape index (κ2) is 9.07. The second-order valence-corrected chi connectivity index (χ2v) is 9.76. The third-order valence-electron chi connectivity index (χ3n) is 4.90. The van der Waals surface area contributed by atoms with E-state index < -0.39 is 0 Å².